The molecule has 0 N–H and O–H groups in total. The van der Waals surface area contributed by atoms with Crippen molar-refractivity contribution in [3.8, 4) is 0 Å². The summed E-state index contributed by atoms with van der Waals surface area (Å²) in [6.45, 7) is 0.620. The minimum absolute atomic E-state index is 0.0790. The highest BCUT2D eigenvalue weighted by Crippen LogP contribution is 2.18. The van der Waals surface area contributed by atoms with Crippen LogP contribution in [0.2, 0.25) is 0 Å². The van der Waals surface area contributed by atoms with Crippen LogP contribution >= 0.6 is 0 Å². The Morgan fingerprint density at radius 1 is 1.42 bits per heavy atom. The molecule has 0 aliphatic heterocycles. The van der Waals surface area contributed by atoms with Crippen LogP contribution in [-0.4, -0.2) is 9.78 Å². The molecule has 0 aliphatic carbocycles. The van der Waals surface area contributed by atoms with E-state index in [2.05, 4.69) is 5.10 Å². The number of hydrogen-bond acceptors (Lipinski definition) is 1. The maximum atomic E-state index is 12.8. The van der Waals surface area contributed by atoms with Crippen LogP contribution in [-0.2, 0) is 0 Å². The summed E-state index contributed by atoms with van der Waals surface area (Å²) in [5.41, 5.74) is 0.0790. The number of halogens is 3. The number of rotatable bonds is 2. The summed E-state index contributed by atoms with van der Waals surface area (Å²) in [6.07, 6.45) is 0.708. The molecule has 1 heterocycles. The minimum Gasteiger partial charge on any atom is -0.208 e. The van der Waals surface area contributed by atoms with E-state index in [0.29, 0.717) is 10.9 Å². The van der Waals surface area contributed by atoms with Crippen molar-refractivity contribution < 1.29 is 13.2 Å². The van der Waals surface area contributed by atoms with Gasteiger partial charge in [-0.2, -0.15) is 13.9 Å². The number of aromatic nitrogens is 2. The molecule has 68 valence electrons. The number of alkyl halides is 2. The van der Waals surface area contributed by atoms with Crippen molar-refractivity contribution in [2.45, 2.75) is 26.3 Å². The fraction of sp³-hybridized carbons (Fsp3) is 0.571. The summed E-state index contributed by atoms with van der Waals surface area (Å²) >= 11 is 0. The van der Waals surface area contributed by atoms with Crippen LogP contribution in [0.3, 0.4) is 0 Å². The summed E-state index contributed by atoms with van der Waals surface area (Å²) in [4.78, 5) is 0. The van der Waals surface area contributed by atoms with Gasteiger partial charge in [-0.15, -0.1) is 0 Å². The van der Waals surface area contributed by atoms with Crippen molar-refractivity contribution in [1.29, 1.82) is 0 Å². The molecular formula is C7H9F3N2. The molecule has 0 unspecified atom stereocenters. The quantitative estimate of drug-likeness (QED) is 0.680. The predicted octanol–water partition coefficient (Wildman–Crippen LogP) is 2.54. The molecule has 0 aromatic carbocycles. The molecule has 5 heteroatoms. The van der Waals surface area contributed by atoms with Gasteiger partial charge in [0.2, 0.25) is 0 Å². The molecule has 0 aliphatic rings. The minimum atomic E-state index is -2.77. The van der Waals surface area contributed by atoms with Crippen LogP contribution in [0.15, 0.2) is 6.20 Å². The Morgan fingerprint density at radius 3 is 2.25 bits per heavy atom. The van der Waals surface area contributed by atoms with Gasteiger partial charge in [0.1, 0.15) is 5.69 Å². The van der Waals surface area contributed by atoms with E-state index in [4.69, 9.17) is 0 Å². The highest BCUT2D eigenvalue weighted by molar-refractivity contribution is 5.07. The maximum absolute atomic E-state index is 12.8. The van der Waals surface area contributed by atoms with Crippen molar-refractivity contribution in [3.05, 3.63) is 17.7 Å². The summed E-state index contributed by atoms with van der Waals surface area (Å²) in [5, 5.41) is 3.40. The van der Waals surface area contributed by atoms with Crippen molar-refractivity contribution in [3.63, 3.8) is 0 Å². The monoisotopic (exact) mass is 178 g/mol. The summed E-state index contributed by atoms with van der Waals surface area (Å²) in [7, 11) is 0. The molecule has 0 atom stereocenters. The van der Waals surface area contributed by atoms with Gasteiger partial charge in [0.05, 0.1) is 6.20 Å². The molecule has 0 radical (unpaired) electrons. The van der Waals surface area contributed by atoms with E-state index in [1.165, 1.54) is 0 Å². The first-order valence-corrected chi connectivity index (χ1v) is 3.55. The highest BCUT2D eigenvalue weighted by atomic mass is 19.3. The molecule has 0 amide bonds. The fourth-order valence-electron chi connectivity index (χ4n) is 0.875. The third kappa shape index (κ3) is 1.60. The first kappa shape index (κ1) is 9.09. The van der Waals surface area contributed by atoms with Crippen LogP contribution in [0, 0.1) is 5.82 Å². The Kier molecular flexibility index (Phi) is 2.40. The lowest BCUT2D eigenvalue weighted by Crippen LogP contribution is -1.99. The highest BCUT2D eigenvalue weighted by Gasteiger charge is 2.15. The Balaban J connectivity index is 3.00. The van der Waals surface area contributed by atoms with E-state index >= 15 is 0 Å². The molecule has 2 nitrogen and oxygen atoms in total. The van der Waals surface area contributed by atoms with Gasteiger partial charge in [-0.25, -0.2) is 9.07 Å². The second-order valence-corrected chi connectivity index (χ2v) is 2.77. The Hall–Kier alpha value is -1.00. The van der Waals surface area contributed by atoms with Gasteiger partial charge in [0.15, 0.2) is 5.82 Å². The summed E-state index contributed by atoms with van der Waals surface area (Å²) in [5.74, 6) is -0.852. The summed E-state index contributed by atoms with van der Waals surface area (Å²) < 4.78 is 37.0. The molecule has 1 aromatic rings. The van der Waals surface area contributed by atoms with Crippen LogP contribution in [0.4, 0.5) is 13.2 Å². The third-order valence-corrected chi connectivity index (χ3v) is 1.46. The molecule has 0 saturated heterocycles. The number of hydrogen-bond donors (Lipinski definition) is 0. The predicted molar refractivity (Wildman–Crippen MR) is 37.5 cm³/mol. The first-order valence-electron chi connectivity index (χ1n) is 3.55. The van der Waals surface area contributed by atoms with E-state index in [1.807, 2.05) is 0 Å². The SMILES string of the molecule is CC(C)c1nn(C(F)F)cc1F. The molecular weight excluding hydrogens is 169 g/mol. The van der Waals surface area contributed by atoms with Gasteiger partial charge in [-0.05, 0) is 0 Å². The Morgan fingerprint density at radius 2 is 2.00 bits per heavy atom. The standard InChI is InChI=1S/C7H9F3N2/c1-4(2)6-5(8)3-12(11-6)7(9)10/h3-4,7H,1-2H3. The molecule has 0 fully saturated rings. The third-order valence-electron chi connectivity index (χ3n) is 1.46. The van der Waals surface area contributed by atoms with Crippen molar-refractivity contribution in [1.82, 2.24) is 9.78 Å². The lowest BCUT2D eigenvalue weighted by molar-refractivity contribution is 0.0558. The van der Waals surface area contributed by atoms with Gasteiger partial charge in [0.25, 0.3) is 0 Å². The Labute approximate surface area is 68.0 Å². The molecule has 12 heavy (non-hydrogen) atoms. The smallest absolute Gasteiger partial charge is 0.208 e. The van der Waals surface area contributed by atoms with Crippen molar-refractivity contribution in [2.75, 3.05) is 0 Å². The van der Waals surface area contributed by atoms with E-state index in [0.717, 1.165) is 0 Å². The van der Waals surface area contributed by atoms with Gasteiger partial charge in [-0.3, -0.25) is 0 Å². The van der Waals surface area contributed by atoms with E-state index in [1.54, 1.807) is 13.8 Å². The fourth-order valence-corrected chi connectivity index (χ4v) is 0.875. The van der Waals surface area contributed by atoms with Crippen LogP contribution in [0.25, 0.3) is 0 Å². The molecule has 1 rings (SSSR count). The zero-order chi connectivity index (χ0) is 9.30. The summed E-state index contributed by atoms with van der Waals surface area (Å²) in [6, 6.07) is 0. The van der Waals surface area contributed by atoms with E-state index in [-0.39, 0.29) is 11.6 Å². The van der Waals surface area contributed by atoms with Crippen molar-refractivity contribution in [2.24, 2.45) is 0 Å². The second kappa shape index (κ2) is 3.16. The van der Waals surface area contributed by atoms with E-state index in [9.17, 15) is 13.2 Å². The van der Waals surface area contributed by atoms with Crippen molar-refractivity contribution >= 4 is 0 Å². The van der Waals surface area contributed by atoms with Gasteiger partial charge in [-0.1, -0.05) is 13.8 Å². The van der Waals surface area contributed by atoms with Gasteiger partial charge in [0, 0.05) is 5.92 Å². The topological polar surface area (TPSA) is 17.8 Å². The lowest BCUT2D eigenvalue weighted by Gasteiger charge is -1.99. The van der Waals surface area contributed by atoms with Crippen LogP contribution in [0.1, 0.15) is 32.0 Å². The van der Waals surface area contributed by atoms with Gasteiger partial charge < -0.3 is 0 Å². The Bertz CT molecular complexity index is 268. The van der Waals surface area contributed by atoms with E-state index < -0.39 is 12.4 Å². The normalized spacial score (nSPS) is 11.6. The molecule has 0 bridgehead atoms. The number of nitrogens with zero attached hydrogens (tertiary/aromatic N) is 2. The van der Waals surface area contributed by atoms with Gasteiger partial charge >= 0.3 is 6.55 Å². The maximum Gasteiger partial charge on any atom is 0.333 e. The molecule has 0 saturated carbocycles. The average molecular weight is 178 g/mol. The zero-order valence-corrected chi connectivity index (χ0v) is 6.76. The average Bonchev–Trinajstić information content (AvgIpc) is 2.30. The van der Waals surface area contributed by atoms with Crippen LogP contribution in [0.5, 0.6) is 0 Å². The molecule has 1 aromatic heterocycles. The zero-order valence-electron chi connectivity index (χ0n) is 6.76. The molecule has 0 spiro atoms. The van der Waals surface area contributed by atoms with Crippen LogP contribution < -0.4 is 0 Å². The first-order chi connectivity index (χ1) is 5.52. The second-order valence-electron chi connectivity index (χ2n) is 2.77. The largest absolute Gasteiger partial charge is 0.333 e. The lowest BCUT2D eigenvalue weighted by atomic mass is 10.1.